The second-order valence-corrected chi connectivity index (χ2v) is 8.56. The first-order chi connectivity index (χ1) is 10.0. The lowest BCUT2D eigenvalue weighted by atomic mass is 9.98. The summed E-state index contributed by atoms with van der Waals surface area (Å²) < 4.78 is 0. The molecule has 1 aliphatic carbocycles. The SMILES string of the molecule is CC(C)(C)c1nc(CN(CC2CCCCN2)C2CC2)cs1. The summed E-state index contributed by atoms with van der Waals surface area (Å²) in [6.45, 7) is 10.2. The third-order valence-corrected chi connectivity index (χ3v) is 5.81. The zero-order chi connectivity index (χ0) is 14.9. The van der Waals surface area contributed by atoms with Gasteiger partial charge in [0, 0.05) is 36.0 Å². The van der Waals surface area contributed by atoms with E-state index in [9.17, 15) is 0 Å². The Hall–Kier alpha value is -0.450. The Morgan fingerprint density at radius 3 is 2.67 bits per heavy atom. The number of aromatic nitrogens is 1. The lowest BCUT2D eigenvalue weighted by molar-refractivity contribution is 0.206. The van der Waals surface area contributed by atoms with E-state index in [4.69, 9.17) is 4.98 Å². The van der Waals surface area contributed by atoms with Crippen LogP contribution in [0.15, 0.2) is 5.38 Å². The van der Waals surface area contributed by atoms with Gasteiger partial charge in [-0.3, -0.25) is 4.90 Å². The molecule has 1 saturated heterocycles. The lowest BCUT2D eigenvalue weighted by Crippen LogP contribution is -2.44. The molecule has 0 spiro atoms. The number of rotatable bonds is 5. The average molecular weight is 308 g/mol. The molecule has 0 radical (unpaired) electrons. The van der Waals surface area contributed by atoms with Gasteiger partial charge in [0.25, 0.3) is 0 Å². The first-order valence-corrected chi connectivity index (χ1v) is 9.32. The Kier molecular flexibility index (Phi) is 4.67. The number of thiazole rings is 1. The molecule has 2 heterocycles. The molecule has 0 aromatic carbocycles. The molecule has 1 aliphatic heterocycles. The van der Waals surface area contributed by atoms with Crippen LogP contribution in [0.2, 0.25) is 0 Å². The van der Waals surface area contributed by atoms with Crippen molar-refractivity contribution in [2.45, 2.75) is 76.9 Å². The molecule has 0 bridgehead atoms. The van der Waals surface area contributed by atoms with Crippen molar-refractivity contribution in [2.24, 2.45) is 0 Å². The van der Waals surface area contributed by atoms with Gasteiger partial charge >= 0.3 is 0 Å². The molecule has 21 heavy (non-hydrogen) atoms. The highest BCUT2D eigenvalue weighted by atomic mass is 32.1. The molecule has 3 rings (SSSR count). The van der Waals surface area contributed by atoms with Gasteiger partial charge in [0.15, 0.2) is 0 Å². The van der Waals surface area contributed by atoms with Crippen molar-refractivity contribution in [1.82, 2.24) is 15.2 Å². The first kappa shape index (κ1) is 15.4. The van der Waals surface area contributed by atoms with Crippen molar-refractivity contribution in [3.8, 4) is 0 Å². The molecule has 2 aliphatic rings. The number of nitrogens with one attached hydrogen (secondary N) is 1. The summed E-state index contributed by atoms with van der Waals surface area (Å²) in [5.74, 6) is 0. The topological polar surface area (TPSA) is 28.2 Å². The third-order valence-electron chi connectivity index (χ3n) is 4.49. The van der Waals surface area contributed by atoms with E-state index in [0.717, 1.165) is 12.6 Å². The van der Waals surface area contributed by atoms with Crippen LogP contribution in [-0.2, 0) is 12.0 Å². The maximum atomic E-state index is 4.88. The molecular weight excluding hydrogens is 278 g/mol. The van der Waals surface area contributed by atoms with Gasteiger partial charge in [0.1, 0.15) is 0 Å². The largest absolute Gasteiger partial charge is 0.313 e. The van der Waals surface area contributed by atoms with Gasteiger partial charge < -0.3 is 5.32 Å². The van der Waals surface area contributed by atoms with Gasteiger partial charge in [0.2, 0.25) is 0 Å². The Bertz CT molecular complexity index is 453. The second kappa shape index (κ2) is 6.35. The summed E-state index contributed by atoms with van der Waals surface area (Å²) in [7, 11) is 0. The summed E-state index contributed by atoms with van der Waals surface area (Å²) in [5.41, 5.74) is 1.45. The maximum absolute atomic E-state index is 4.88. The van der Waals surface area contributed by atoms with E-state index in [-0.39, 0.29) is 5.41 Å². The van der Waals surface area contributed by atoms with Gasteiger partial charge in [-0.1, -0.05) is 27.2 Å². The van der Waals surface area contributed by atoms with E-state index in [1.165, 1.54) is 55.9 Å². The van der Waals surface area contributed by atoms with Crippen molar-refractivity contribution in [3.63, 3.8) is 0 Å². The van der Waals surface area contributed by atoms with Crippen molar-refractivity contribution >= 4 is 11.3 Å². The van der Waals surface area contributed by atoms with Gasteiger partial charge in [-0.2, -0.15) is 0 Å². The van der Waals surface area contributed by atoms with E-state index in [0.29, 0.717) is 6.04 Å². The first-order valence-electron chi connectivity index (χ1n) is 8.45. The standard InChI is InChI=1S/C17H29N3S/c1-17(2,3)16-19-14(12-21-16)11-20(15-7-8-15)10-13-6-4-5-9-18-13/h12-13,15,18H,4-11H2,1-3H3. The zero-order valence-corrected chi connectivity index (χ0v) is 14.5. The number of hydrogen-bond donors (Lipinski definition) is 1. The van der Waals surface area contributed by atoms with Crippen molar-refractivity contribution in [1.29, 1.82) is 0 Å². The maximum Gasteiger partial charge on any atom is 0.0982 e. The summed E-state index contributed by atoms with van der Waals surface area (Å²) >= 11 is 1.82. The predicted octanol–water partition coefficient (Wildman–Crippen LogP) is 3.55. The molecule has 1 atom stereocenters. The summed E-state index contributed by atoms with van der Waals surface area (Å²) in [6.07, 6.45) is 6.83. The third kappa shape index (κ3) is 4.27. The second-order valence-electron chi connectivity index (χ2n) is 7.70. The van der Waals surface area contributed by atoms with Gasteiger partial charge in [-0.15, -0.1) is 11.3 Å². The molecular formula is C17H29N3S. The molecule has 1 unspecified atom stereocenters. The van der Waals surface area contributed by atoms with Crippen LogP contribution in [0.4, 0.5) is 0 Å². The fraction of sp³-hybridized carbons (Fsp3) is 0.824. The molecule has 118 valence electrons. The van der Waals surface area contributed by atoms with Gasteiger partial charge in [0.05, 0.1) is 10.7 Å². The normalized spacial score (nSPS) is 23.7. The lowest BCUT2D eigenvalue weighted by Gasteiger charge is -2.30. The van der Waals surface area contributed by atoms with Crippen molar-refractivity contribution < 1.29 is 0 Å². The Labute approximate surface area is 133 Å². The van der Waals surface area contributed by atoms with Crippen molar-refractivity contribution in [3.05, 3.63) is 16.1 Å². The summed E-state index contributed by atoms with van der Waals surface area (Å²) in [6, 6.07) is 1.51. The van der Waals surface area contributed by atoms with E-state index in [1.54, 1.807) is 0 Å². The minimum absolute atomic E-state index is 0.179. The Morgan fingerprint density at radius 1 is 1.29 bits per heavy atom. The van der Waals surface area contributed by atoms with Crippen LogP contribution >= 0.6 is 11.3 Å². The highest BCUT2D eigenvalue weighted by Gasteiger charge is 2.31. The van der Waals surface area contributed by atoms with Crippen LogP contribution in [0.5, 0.6) is 0 Å². The van der Waals surface area contributed by atoms with Gasteiger partial charge in [-0.25, -0.2) is 4.98 Å². The van der Waals surface area contributed by atoms with Crippen LogP contribution in [0, 0.1) is 0 Å². The molecule has 1 aromatic rings. The van der Waals surface area contributed by atoms with Crippen LogP contribution in [-0.4, -0.2) is 35.1 Å². The predicted molar refractivity (Wildman–Crippen MR) is 89.9 cm³/mol. The van der Waals surface area contributed by atoms with Crippen LogP contribution in [0.25, 0.3) is 0 Å². The van der Waals surface area contributed by atoms with Gasteiger partial charge in [-0.05, 0) is 32.2 Å². The fourth-order valence-corrected chi connectivity index (χ4v) is 3.98. The van der Waals surface area contributed by atoms with E-state index < -0.39 is 0 Å². The molecule has 3 nitrogen and oxygen atoms in total. The molecule has 0 amide bonds. The highest BCUT2D eigenvalue weighted by Crippen LogP contribution is 2.31. The van der Waals surface area contributed by atoms with E-state index in [2.05, 4.69) is 36.4 Å². The van der Waals surface area contributed by atoms with E-state index >= 15 is 0 Å². The quantitative estimate of drug-likeness (QED) is 0.902. The molecule has 1 saturated carbocycles. The fourth-order valence-electron chi connectivity index (χ4n) is 3.08. The number of piperidine rings is 1. The Balaban J connectivity index is 1.61. The minimum Gasteiger partial charge on any atom is -0.313 e. The number of nitrogens with zero attached hydrogens (tertiary/aromatic N) is 2. The molecule has 1 aromatic heterocycles. The Morgan fingerprint density at radius 2 is 2.10 bits per heavy atom. The minimum atomic E-state index is 0.179. The zero-order valence-electron chi connectivity index (χ0n) is 13.7. The highest BCUT2D eigenvalue weighted by molar-refractivity contribution is 7.09. The monoisotopic (exact) mass is 307 g/mol. The summed E-state index contributed by atoms with van der Waals surface area (Å²) in [4.78, 5) is 7.55. The number of hydrogen-bond acceptors (Lipinski definition) is 4. The smallest absolute Gasteiger partial charge is 0.0982 e. The molecule has 4 heteroatoms. The summed E-state index contributed by atoms with van der Waals surface area (Å²) in [5, 5.41) is 7.22. The van der Waals surface area contributed by atoms with Crippen molar-refractivity contribution in [2.75, 3.05) is 13.1 Å². The van der Waals surface area contributed by atoms with Crippen LogP contribution in [0.3, 0.4) is 0 Å². The van der Waals surface area contributed by atoms with E-state index in [1.807, 2.05) is 11.3 Å². The van der Waals surface area contributed by atoms with Crippen LogP contribution in [0.1, 0.15) is 63.6 Å². The average Bonchev–Trinajstić information content (AvgIpc) is 3.17. The van der Waals surface area contributed by atoms with Crippen LogP contribution < -0.4 is 5.32 Å². The molecule has 1 N–H and O–H groups in total. The molecule has 2 fully saturated rings.